The Hall–Kier alpha value is -8.34. The van der Waals surface area contributed by atoms with E-state index in [9.17, 15) is 55.0 Å². The number of amides is 3. The number of likely N-dealkylation sites (tertiary alicyclic amines) is 3. The maximum Gasteiger partial charge on any atom is 0.409 e. The highest BCUT2D eigenvalue weighted by atomic mass is 32.2. The number of nitrogens with zero attached hydrogens (tertiary/aromatic N) is 9. The first-order valence-corrected chi connectivity index (χ1v) is 43.8. The van der Waals surface area contributed by atoms with Crippen LogP contribution in [-0.4, -0.2) is 192 Å². The highest BCUT2D eigenvalue weighted by molar-refractivity contribution is 7.93. The summed E-state index contributed by atoms with van der Waals surface area (Å²) in [6, 6.07) is 38.9. The molecular weight excluding hydrogens is 1470 g/mol. The molecule has 3 fully saturated rings. The second-order valence-corrected chi connectivity index (χ2v) is 36.8. The van der Waals surface area contributed by atoms with E-state index in [1.807, 2.05) is 133 Å². The van der Waals surface area contributed by atoms with Crippen LogP contribution < -0.4 is 27.6 Å². The largest absolute Gasteiger partial charge is 0.453 e. The highest BCUT2D eigenvalue weighted by Crippen LogP contribution is 2.43. The van der Waals surface area contributed by atoms with E-state index >= 15 is 0 Å². The first kappa shape index (κ1) is 85.1. The van der Waals surface area contributed by atoms with Crippen molar-refractivity contribution >= 4 is 82.5 Å². The predicted octanol–water partition coefficient (Wildman–Crippen LogP) is 13.6. The Balaban J connectivity index is 0.000000177. The van der Waals surface area contributed by atoms with Crippen LogP contribution in [-0.2, 0) is 63.5 Å². The van der Waals surface area contributed by atoms with Gasteiger partial charge in [-0.1, -0.05) is 98.7 Å². The summed E-state index contributed by atoms with van der Waals surface area (Å²) in [5, 5.41) is 32.6. The van der Waals surface area contributed by atoms with Crippen molar-refractivity contribution in [3.05, 3.63) is 161 Å². The van der Waals surface area contributed by atoms with E-state index < -0.39 is 48.4 Å². The van der Waals surface area contributed by atoms with Crippen LogP contribution in [0.25, 0.3) is 0 Å². The Morgan fingerprint density at radius 3 is 1.01 bits per heavy atom. The van der Waals surface area contributed by atoms with Gasteiger partial charge in [0.05, 0.1) is 71.4 Å². The number of benzene rings is 6. The standard InChI is InChI=1S/3C28H39N3O5S/c2*1-5-21-6-8-23(9-7-21)31(19-20(2)3)37(34,35)24-10-11-26-25(18-24)27(32)14-17-30(26)22-12-15-29(16-13-22)28(33)36-4;1-5-21-6-8-23(9-7-21)31(17-20(2)3)37(34,35)24-10-11-26-25(16-24)27(32)13-15-29(26)18-22-12-14-30(19-22)28(33)36-4/h2*6-11,18,20,22,27,32H,5,12-17,19H2,1-4H3;6-11,16,20,22,27,32H,5,12-15,17-19H2,1-4H3. The molecule has 606 valence electrons. The number of aryl methyl sites for hydroxylation is 3. The second kappa shape index (κ2) is 37.5. The van der Waals surface area contributed by atoms with Gasteiger partial charge in [-0.3, -0.25) is 12.9 Å². The van der Waals surface area contributed by atoms with Crippen molar-refractivity contribution in [1.29, 1.82) is 0 Å². The zero-order valence-corrected chi connectivity index (χ0v) is 69.2. The summed E-state index contributed by atoms with van der Waals surface area (Å²) in [5.74, 6) is 0.693. The van der Waals surface area contributed by atoms with E-state index in [0.29, 0.717) is 137 Å². The van der Waals surface area contributed by atoms with Crippen LogP contribution in [0.5, 0.6) is 0 Å². The van der Waals surface area contributed by atoms with Crippen molar-refractivity contribution in [3.63, 3.8) is 0 Å². The van der Waals surface area contributed by atoms with E-state index in [1.165, 1.54) is 34.2 Å². The number of anilines is 6. The van der Waals surface area contributed by atoms with E-state index in [2.05, 4.69) is 35.5 Å². The zero-order chi connectivity index (χ0) is 80.2. The first-order valence-electron chi connectivity index (χ1n) is 39.5. The number of hydrogen-bond donors (Lipinski definition) is 3. The molecule has 3 N–H and O–H groups in total. The van der Waals surface area contributed by atoms with Crippen molar-refractivity contribution in [2.24, 2.45) is 23.7 Å². The molecule has 27 heteroatoms. The van der Waals surface area contributed by atoms with Gasteiger partial charge < -0.3 is 58.9 Å². The number of fused-ring (bicyclic) bond motifs is 3. The zero-order valence-electron chi connectivity index (χ0n) is 66.8. The van der Waals surface area contributed by atoms with Crippen LogP contribution in [0.15, 0.2) is 142 Å². The fraction of sp³-hybridized carbons (Fsp3) is 0.536. The molecule has 6 aliphatic rings. The molecule has 0 saturated carbocycles. The predicted molar refractivity (Wildman–Crippen MR) is 437 cm³/mol. The number of rotatable bonds is 22. The Morgan fingerprint density at radius 1 is 0.396 bits per heavy atom. The number of aliphatic hydroxyl groups excluding tert-OH is 3. The van der Waals surface area contributed by atoms with Crippen LogP contribution in [0.1, 0.15) is 165 Å². The number of sulfonamides is 3. The third kappa shape index (κ3) is 20.0. The molecule has 12 rings (SSSR count). The molecular formula is C84H117N9O15S3. The number of piperidine rings is 2. The fourth-order valence-corrected chi connectivity index (χ4v) is 20.9. The lowest BCUT2D eigenvalue weighted by molar-refractivity contribution is 0.110. The van der Waals surface area contributed by atoms with Gasteiger partial charge in [-0.25, -0.2) is 39.6 Å². The lowest BCUT2D eigenvalue weighted by Gasteiger charge is -2.43. The van der Waals surface area contributed by atoms with Gasteiger partial charge in [-0.15, -0.1) is 0 Å². The number of carbonyl (C=O) groups excluding carboxylic acids is 3. The van der Waals surface area contributed by atoms with E-state index in [0.717, 1.165) is 91.7 Å². The maximum absolute atomic E-state index is 13.9. The van der Waals surface area contributed by atoms with Crippen molar-refractivity contribution in [1.82, 2.24) is 14.7 Å². The van der Waals surface area contributed by atoms with Gasteiger partial charge in [0.15, 0.2) is 0 Å². The Labute approximate surface area is 659 Å². The Bertz CT molecular complexity index is 4270. The minimum atomic E-state index is -3.84. The molecule has 111 heavy (non-hydrogen) atoms. The molecule has 0 bridgehead atoms. The third-order valence-corrected chi connectivity index (χ3v) is 27.5. The van der Waals surface area contributed by atoms with Crippen molar-refractivity contribution in [2.75, 3.05) is 134 Å². The van der Waals surface area contributed by atoms with E-state index in [4.69, 9.17) is 14.2 Å². The molecule has 4 atom stereocenters. The molecule has 24 nitrogen and oxygen atoms in total. The van der Waals surface area contributed by atoms with Crippen LogP contribution in [0.4, 0.5) is 48.5 Å². The highest BCUT2D eigenvalue weighted by Gasteiger charge is 2.39. The Morgan fingerprint density at radius 2 is 0.694 bits per heavy atom. The molecule has 0 aliphatic carbocycles. The van der Waals surface area contributed by atoms with Gasteiger partial charge in [-0.2, -0.15) is 0 Å². The molecule has 0 spiro atoms. The monoisotopic (exact) mass is 1590 g/mol. The third-order valence-electron chi connectivity index (χ3n) is 22.1. The van der Waals surface area contributed by atoms with Gasteiger partial charge >= 0.3 is 18.3 Å². The van der Waals surface area contributed by atoms with Crippen LogP contribution in [0.3, 0.4) is 0 Å². The van der Waals surface area contributed by atoms with Crippen molar-refractivity contribution < 1.29 is 69.2 Å². The average Bonchev–Trinajstić information content (AvgIpc) is 0.963. The Kier molecular flexibility index (Phi) is 28.8. The van der Waals surface area contributed by atoms with Gasteiger partial charge in [0.25, 0.3) is 30.1 Å². The topological polar surface area (TPSA) is 271 Å². The maximum atomic E-state index is 13.9. The van der Waals surface area contributed by atoms with Gasteiger partial charge in [0.2, 0.25) is 0 Å². The summed E-state index contributed by atoms with van der Waals surface area (Å²) in [6.45, 7) is 25.8. The summed E-state index contributed by atoms with van der Waals surface area (Å²) in [5.41, 5.74) is 9.92. The fourth-order valence-electron chi connectivity index (χ4n) is 15.9. The van der Waals surface area contributed by atoms with Crippen LogP contribution >= 0.6 is 0 Å². The number of carbonyl (C=O) groups is 3. The SMILES string of the molecule is CCc1ccc(N(CC(C)C)S(=O)(=O)c2ccc3c(c2)C(O)CCN3C2CCN(C(=O)OC)CC2)cc1.CCc1ccc(N(CC(C)C)S(=O)(=O)c2ccc3c(c2)C(O)CCN3C2CCN(C(=O)OC)CC2)cc1.CCc1ccc(N(CC(C)C)S(=O)(=O)c2ccc3c(c2)C(O)CCN3CC2CCN(C(=O)OC)C2)cc1. The van der Waals surface area contributed by atoms with Crippen LogP contribution in [0, 0.1) is 23.7 Å². The minimum Gasteiger partial charge on any atom is -0.453 e. The van der Waals surface area contributed by atoms with E-state index in [-0.39, 0.29) is 62.8 Å². The van der Waals surface area contributed by atoms with E-state index in [1.54, 1.807) is 51.1 Å². The van der Waals surface area contributed by atoms with Crippen molar-refractivity contribution in [2.45, 2.75) is 178 Å². The molecule has 6 aliphatic heterocycles. The summed E-state index contributed by atoms with van der Waals surface area (Å²) in [6.07, 6.45) is 5.21. The lowest BCUT2D eigenvalue weighted by atomic mass is 9.94. The first-order chi connectivity index (χ1) is 52.9. The number of hydrogen-bond acceptors (Lipinski definition) is 18. The molecule has 6 heterocycles. The molecule has 3 saturated heterocycles. The van der Waals surface area contributed by atoms with Crippen LogP contribution in [0.2, 0.25) is 0 Å². The summed E-state index contributed by atoms with van der Waals surface area (Å²) < 4.78 is 102. The van der Waals surface area contributed by atoms with Gasteiger partial charge in [0.1, 0.15) is 0 Å². The average molecular weight is 1590 g/mol. The lowest BCUT2D eigenvalue weighted by Crippen LogP contribution is -2.48. The quantitative estimate of drug-likeness (QED) is 0.0533. The molecule has 6 aromatic carbocycles. The molecule has 0 radical (unpaired) electrons. The molecule has 6 aromatic rings. The summed E-state index contributed by atoms with van der Waals surface area (Å²) in [7, 11) is -7.34. The number of methoxy groups -OCH3 is 3. The van der Waals surface area contributed by atoms with Crippen molar-refractivity contribution in [3.8, 4) is 0 Å². The molecule has 3 amide bonds. The minimum absolute atomic E-state index is 0.134. The molecule has 0 aromatic heterocycles. The van der Waals surface area contributed by atoms with Gasteiger partial charge in [-0.05, 0) is 202 Å². The smallest absolute Gasteiger partial charge is 0.409 e. The summed E-state index contributed by atoms with van der Waals surface area (Å²) >= 11 is 0. The summed E-state index contributed by atoms with van der Waals surface area (Å²) in [4.78, 5) is 48.1. The van der Waals surface area contributed by atoms with Gasteiger partial charge in [0, 0.05) is 131 Å². The number of aliphatic hydroxyl groups is 3. The second-order valence-electron chi connectivity index (χ2n) is 31.2. The normalized spacial score (nSPS) is 19.0. The number of ether oxygens (including phenoxy) is 3. The molecule has 4 unspecified atom stereocenters.